The molecule has 1 saturated heterocycles. The molecular formula is C10H11Cl2NS. The van der Waals surface area contributed by atoms with Crippen LogP contribution in [0.15, 0.2) is 18.2 Å². The largest absolute Gasteiger partial charge is 0.302 e. The van der Waals surface area contributed by atoms with E-state index in [2.05, 4.69) is 5.32 Å². The van der Waals surface area contributed by atoms with Crippen molar-refractivity contribution in [1.29, 1.82) is 0 Å². The lowest BCUT2D eigenvalue weighted by molar-refractivity contribution is 0.643. The van der Waals surface area contributed by atoms with Gasteiger partial charge in [0.1, 0.15) is 0 Å². The summed E-state index contributed by atoms with van der Waals surface area (Å²) in [6.07, 6.45) is 1.23. The van der Waals surface area contributed by atoms with Crippen LogP contribution >= 0.6 is 35.0 Å². The minimum Gasteiger partial charge on any atom is -0.302 e. The molecule has 1 fully saturated rings. The summed E-state index contributed by atoms with van der Waals surface area (Å²) in [5.74, 6) is 1.19. The topological polar surface area (TPSA) is 12.0 Å². The van der Waals surface area contributed by atoms with Crippen molar-refractivity contribution < 1.29 is 0 Å². The second kappa shape index (κ2) is 4.75. The van der Waals surface area contributed by atoms with Gasteiger partial charge in [-0.1, -0.05) is 29.3 Å². The van der Waals surface area contributed by atoms with Gasteiger partial charge in [0.25, 0.3) is 0 Å². The number of hydrogen-bond acceptors (Lipinski definition) is 2. The second-order valence-electron chi connectivity index (χ2n) is 3.22. The lowest BCUT2D eigenvalue weighted by Crippen LogP contribution is -2.25. The maximum Gasteiger partial charge on any atom is 0.0803 e. The molecule has 0 radical (unpaired) electrons. The van der Waals surface area contributed by atoms with Crippen LogP contribution in [-0.2, 0) is 0 Å². The van der Waals surface area contributed by atoms with Crippen LogP contribution in [0.4, 0.5) is 0 Å². The van der Waals surface area contributed by atoms with Crippen LogP contribution in [0.2, 0.25) is 10.0 Å². The van der Waals surface area contributed by atoms with Crippen molar-refractivity contribution in [3.05, 3.63) is 33.8 Å². The van der Waals surface area contributed by atoms with E-state index in [-0.39, 0.29) is 0 Å². The smallest absolute Gasteiger partial charge is 0.0803 e. The Morgan fingerprint density at radius 2 is 2.21 bits per heavy atom. The molecule has 1 unspecified atom stereocenters. The summed E-state index contributed by atoms with van der Waals surface area (Å²) in [6.45, 7) is 1.07. The van der Waals surface area contributed by atoms with E-state index in [9.17, 15) is 0 Å². The Hall–Kier alpha value is 0.110. The SMILES string of the molecule is Clc1ccc(C2NCCCS2)c(Cl)c1. The highest BCUT2D eigenvalue weighted by molar-refractivity contribution is 7.99. The van der Waals surface area contributed by atoms with Crippen molar-refractivity contribution >= 4 is 35.0 Å². The Bertz CT molecular complexity index is 324. The molecule has 0 aliphatic carbocycles. The minimum absolute atomic E-state index is 0.327. The lowest BCUT2D eigenvalue weighted by atomic mass is 10.2. The van der Waals surface area contributed by atoms with E-state index in [0.717, 1.165) is 17.1 Å². The van der Waals surface area contributed by atoms with Crippen molar-refractivity contribution in [2.75, 3.05) is 12.3 Å². The van der Waals surface area contributed by atoms with Gasteiger partial charge in [-0.3, -0.25) is 0 Å². The monoisotopic (exact) mass is 247 g/mol. The van der Waals surface area contributed by atoms with Gasteiger partial charge in [0.15, 0.2) is 0 Å². The zero-order valence-electron chi connectivity index (χ0n) is 7.59. The number of thioether (sulfide) groups is 1. The molecule has 1 aliphatic heterocycles. The van der Waals surface area contributed by atoms with E-state index >= 15 is 0 Å². The van der Waals surface area contributed by atoms with Crippen LogP contribution in [0.5, 0.6) is 0 Å². The van der Waals surface area contributed by atoms with Gasteiger partial charge in [-0.15, -0.1) is 11.8 Å². The van der Waals surface area contributed by atoms with Gasteiger partial charge in [-0.05, 0) is 36.4 Å². The van der Waals surface area contributed by atoms with Gasteiger partial charge in [-0.2, -0.15) is 0 Å². The molecule has 2 rings (SSSR count). The van der Waals surface area contributed by atoms with Gasteiger partial charge >= 0.3 is 0 Å². The predicted octanol–water partition coefficient (Wildman–Crippen LogP) is 3.72. The molecule has 1 atom stereocenters. The third-order valence-corrected chi connectivity index (χ3v) is 4.02. The molecule has 1 heterocycles. The van der Waals surface area contributed by atoms with Crippen molar-refractivity contribution in [3.8, 4) is 0 Å². The maximum atomic E-state index is 6.13. The van der Waals surface area contributed by atoms with Crippen LogP contribution in [0.25, 0.3) is 0 Å². The summed E-state index contributed by atoms with van der Waals surface area (Å²) < 4.78 is 0. The summed E-state index contributed by atoms with van der Waals surface area (Å²) in [4.78, 5) is 0. The summed E-state index contributed by atoms with van der Waals surface area (Å²) in [7, 11) is 0. The van der Waals surface area contributed by atoms with Gasteiger partial charge in [0, 0.05) is 10.0 Å². The molecule has 4 heteroatoms. The van der Waals surface area contributed by atoms with E-state index in [1.165, 1.54) is 12.2 Å². The average molecular weight is 248 g/mol. The van der Waals surface area contributed by atoms with Gasteiger partial charge in [0.2, 0.25) is 0 Å². The normalized spacial score (nSPS) is 22.3. The van der Waals surface area contributed by atoms with Crippen LogP contribution in [-0.4, -0.2) is 12.3 Å². The van der Waals surface area contributed by atoms with Crippen LogP contribution in [0, 0.1) is 0 Å². The minimum atomic E-state index is 0.327. The summed E-state index contributed by atoms with van der Waals surface area (Å²) >= 11 is 13.9. The van der Waals surface area contributed by atoms with Gasteiger partial charge < -0.3 is 5.32 Å². The van der Waals surface area contributed by atoms with E-state index in [1.807, 2.05) is 23.9 Å². The molecular weight excluding hydrogens is 237 g/mol. The fraction of sp³-hybridized carbons (Fsp3) is 0.400. The lowest BCUT2D eigenvalue weighted by Gasteiger charge is -2.24. The van der Waals surface area contributed by atoms with E-state index < -0.39 is 0 Å². The molecule has 1 aliphatic rings. The zero-order chi connectivity index (χ0) is 9.97. The summed E-state index contributed by atoms with van der Waals surface area (Å²) in [5.41, 5.74) is 1.14. The number of hydrogen-bond donors (Lipinski definition) is 1. The maximum absolute atomic E-state index is 6.13. The van der Waals surface area contributed by atoms with Gasteiger partial charge in [-0.25, -0.2) is 0 Å². The number of halogens is 2. The third kappa shape index (κ3) is 2.37. The molecule has 1 aromatic rings. The molecule has 1 nitrogen and oxygen atoms in total. The first-order valence-corrected chi connectivity index (χ1v) is 6.38. The van der Waals surface area contributed by atoms with Crippen molar-refractivity contribution in [2.45, 2.75) is 11.8 Å². The summed E-state index contributed by atoms with van der Waals surface area (Å²) in [6, 6.07) is 5.69. The number of rotatable bonds is 1. The fourth-order valence-electron chi connectivity index (χ4n) is 1.48. The first-order chi connectivity index (χ1) is 6.77. The highest BCUT2D eigenvalue weighted by atomic mass is 35.5. The van der Waals surface area contributed by atoms with Crippen LogP contribution in [0.3, 0.4) is 0 Å². The fourth-order valence-corrected chi connectivity index (χ4v) is 3.23. The number of benzene rings is 1. The van der Waals surface area contributed by atoms with Crippen LogP contribution in [0.1, 0.15) is 17.4 Å². The third-order valence-electron chi connectivity index (χ3n) is 2.18. The average Bonchev–Trinajstić information content (AvgIpc) is 2.19. The molecule has 14 heavy (non-hydrogen) atoms. The Morgan fingerprint density at radius 1 is 1.36 bits per heavy atom. The van der Waals surface area contributed by atoms with Gasteiger partial charge in [0.05, 0.1) is 5.37 Å². The first kappa shape index (κ1) is 10.6. The molecule has 0 saturated carbocycles. The second-order valence-corrected chi connectivity index (χ2v) is 5.28. The Morgan fingerprint density at radius 3 is 2.86 bits per heavy atom. The quantitative estimate of drug-likeness (QED) is 0.812. The molecule has 0 aromatic heterocycles. The van der Waals surface area contributed by atoms with Crippen molar-refractivity contribution in [2.24, 2.45) is 0 Å². The highest BCUT2D eigenvalue weighted by Crippen LogP contribution is 2.34. The van der Waals surface area contributed by atoms with Crippen molar-refractivity contribution in [1.82, 2.24) is 5.32 Å². The Kier molecular flexibility index (Phi) is 3.61. The van der Waals surface area contributed by atoms with E-state index in [4.69, 9.17) is 23.2 Å². The zero-order valence-corrected chi connectivity index (χ0v) is 9.92. The molecule has 76 valence electrons. The first-order valence-electron chi connectivity index (χ1n) is 4.57. The predicted molar refractivity (Wildman–Crippen MR) is 64.3 cm³/mol. The Balaban J connectivity index is 2.22. The summed E-state index contributed by atoms with van der Waals surface area (Å²) in [5, 5.41) is 5.21. The van der Waals surface area contributed by atoms with Crippen LogP contribution < -0.4 is 5.32 Å². The molecule has 0 spiro atoms. The standard InChI is InChI=1S/C10H11Cl2NS/c11-7-2-3-8(9(12)6-7)10-13-4-1-5-14-10/h2-3,6,10,13H,1,4-5H2. The van der Waals surface area contributed by atoms with E-state index in [0.29, 0.717) is 10.4 Å². The molecule has 1 aromatic carbocycles. The van der Waals surface area contributed by atoms with Crippen molar-refractivity contribution in [3.63, 3.8) is 0 Å². The van der Waals surface area contributed by atoms with E-state index in [1.54, 1.807) is 6.07 Å². The molecule has 1 N–H and O–H groups in total. The number of nitrogens with one attached hydrogen (secondary N) is 1. The Labute approximate surface area is 98.2 Å². The molecule has 0 amide bonds. The molecule has 0 bridgehead atoms. The highest BCUT2D eigenvalue weighted by Gasteiger charge is 2.17.